The molecule has 1 saturated heterocycles. The number of aliphatic hydroxyl groups is 1. The maximum Gasteiger partial charge on any atom is 0.430 e. The van der Waals surface area contributed by atoms with Gasteiger partial charge in [-0.1, -0.05) is 48.5 Å². The Morgan fingerprint density at radius 2 is 1.54 bits per heavy atom. The fourth-order valence-corrected chi connectivity index (χ4v) is 4.05. The number of benzene rings is 2. The van der Waals surface area contributed by atoms with E-state index in [1.165, 1.54) is 0 Å². The van der Waals surface area contributed by atoms with Gasteiger partial charge in [0.15, 0.2) is 0 Å². The number of carbonyl (C=O) groups is 1. The summed E-state index contributed by atoms with van der Waals surface area (Å²) >= 11 is 0. The summed E-state index contributed by atoms with van der Waals surface area (Å²) in [6.07, 6.45) is -11.6. The molecule has 1 unspecified atom stereocenters. The zero-order valence-corrected chi connectivity index (χ0v) is 18.9. The monoisotopic (exact) mass is 504 g/mol. The van der Waals surface area contributed by atoms with Crippen LogP contribution in [0.25, 0.3) is 11.1 Å². The highest BCUT2D eigenvalue weighted by Crippen LogP contribution is 2.50. The molecule has 0 saturated carbocycles. The van der Waals surface area contributed by atoms with Crippen molar-refractivity contribution in [3.63, 3.8) is 0 Å². The van der Waals surface area contributed by atoms with Crippen LogP contribution >= 0.6 is 0 Å². The van der Waals surface area contributed by atoms with E-state index in [-0.39, 0.29) is 18.4 Å². The van der Waals surface area contributed by atoms with E-state index in [9.17, 15) is 36.2 Å². The molecular weight excluding hydrogens is 478 g/mol. The summed E-state index contributed by atoms with van der Waals surface area (Å²) in [5.41, 5.74) is -4.33. The van der Waals surface area contributed by atoms with Crippen molar-refractivity contribution in [2.24, 2.45) is 0 Å². The van der Waals surface area contributed by atoms with Crippen LogP contribution in [0.1, 0.15) is 24.5 Å². The normalized spacial score (nSPS) is 17.9. The van der Waals surface area contributed by atoms with E-state index >= 15 is 0 Å². The second-order valence-corrected chi connectivity index (χ2v) is 8.32. The largest absolute Gasteiger partial charge is 0.466 e. The van der Waals surface area contributed by atoms with Crippen molar-refractivity contribution in [3.05, 3.63) is 59.7 Å². The molecule has 2 aromatic rings. The molecule has 5 nitrogen and oxygen atoms in total. The van der Waals surface area contributed by atoms with Gasteiger partial charge in [0.05, 0.1) is 13.0 Å². The number of esters is 1. The number of nitrogens with zero attached hydrogens (tertiary/aromatic N) is 1. The van der Waals surface area contributed by atoms with Crippen LogP contribution in [-0.2, 0) is 21.7 Å². The van der Waals surface area contributed by atoms with Crippen molar-refractivity contribution < 1.29 is 41.0 Å². The summed E-state index contributed by atoms with van der Waals surface area (Å²) in [6.45, 7) is 4.77. The van der Waals surface area contributed by atoms with Crippen LogP contribution in [0.4, 0.5) is 26.3 Å². The number of nitrogens with one attached hydrogen (secondary N) is 1. The molecule has 2 aromatic carbocycles. The zero-order valence-electron chi connectivity index (χ0n) is 18.9. The van der Waals surface area contributed by atoms with Crippen molar-refractivity contribution >= 4 is 5.97 Å². The highest BCUT2D eigenvalue weighted by molar-refractivity contribution is 5.70. The van der Waals surface area contributed by atoms with E-state index in [1.807, 2.05) is 12.1 Å². The van der Waals surface area contributed by atoms with E-state index in [0.29, 0.717) is 43.0 Å². The Bertz CT molecular complexity index is 976. The van der Waals surface area contributed by atoms with Gasteiger partial charge < -0.3 is 15.2 Å². The predicted octanol–water partition coefficient (Wildman–Crippen LogP) is 4.39. The molecule has 0 radical (unpaired) electrons. The Labute approximate surface area is 198 Å². The Hall–Kier alpha value is -2.63. The molecule has 0 amide bonds. The van der Waals surface area contributed by atoms with Gasteiger partial charge >= 0.3 is 18.3 Å². The number of hydrogen-bond donors (Lipinski definition) is 2. The quantitative estimate of drug-likeness (QED) is 0.433. The lowest BCUT2D eigenvalue weighted by Crippen LogP contribution is -2.53. The van der Waals surface area contributed by atoms with Gasteiger partial charge in [-0.05, 0) is 23.6 Å². The molecule has 11 heteroatoms. The summed E-state index contributed by atoms with van der Waals surface area (Å²) in [4.78, 5) is 14.0. The smallest absolute Gasteiger partial charge is 0.430 e. The molecule has 0 bridgehead atoms. The van der Waals surface area contributed by atoms with E-state index < -0.39 is 23.5 Å². The Morgan fingerprint density at radius 3 is 2.06 bits per heavy atom. The minimum Gasteiger partial charge on any atom is -0.466 e. The molecule has 2 N–H and O–H groups in total. The Morgan fingerprint density at radius 1 is 1.00 bits per heavy atom. The van der Waals surface area contributed by atoms with Gasteiger partial charge in [0, 0.05) is 37.8 Å². The molecule has 0 aliphatic carbocycles. The molecule has 1 aliphatic heterocycles. The minimum atomic E-state index is -5.93. The van der Waals surface area contributed by atoms with Crippen molar-refractivity contribution in [2.45, 2.75) is 43.9 Å². The number of hydrogen-bond acceptors (Lipinski definition) is 5. The first-order valence-corrected chi connectivity index (χ1v) is 11.0. The van der Waals surface area contributed by atoms with Gasteiger partial charge in [-0.2, -0.15) is 26.3 Å². The third-order valence-electron chi connectivity index (χ3n) is 5.98. The molecule has 192 valence electrons. The van der Waals surface area contributed by atoms with Gasteiger partial charge in [0.2, 0.25) is 0 Å². The summed E-state index contributed by atoms with van der Waals surface area (Å²) < 4.78 is 83.5. The van der Waals surface area contributed by atoms with Crippen LogP contribution in [0, 0.1) is 0 Å². The highest BCUT2D eigenvalue weighted by atomic mass is 19.4. The summed E-state index contributed by atoms with van der Waals surface area (Å²) in [6, 6.07) is 10.5. The van der Waals surface area contributed by atoms with Crippen molar-refractivity contribution in [2.75, 3.05) is 26.2 Å². The number of ether oxygens (including phenoxy) is 1. The number of carbonyl (C=O) groups excluding carboxylic acids is 1. The molecule has 35 heavy (non-hydrogen) atoms. The lowest BCUT2D eigenvalue weighted by molar-refractivity contribution is -0.376. The molecule has 0 aromatic heterocycles. The second kappa shape index (κ2) is 10.5. The average molecular weight is 504 g/mol. The Balaban J connectivity index is 1.73. The van der Waals surface area contributed by atoms with E-state index in [2.05, 4.69) is 10.2 Å². The standard InChI is InChI=1S/C24H26F6N2O3/c1-2-35-21(33)13-20-14-31-11-12-32(20)15-16-3-5-17(6-4-16)18-7-9-19(10-8-18)22(34,23(25,26)27)24(28,29)30/h3-10,20,31,34H,2,11-15H2,1H3. The summed E-state index contributed by atoms with van der Waals surface area (Å²) in [7, 11) is 0. The fourth-order valence-electron chi connectivity index (χ4n) is 4.05. The van der Waals surface area contributed by atoms with Gasteiger partial charge in [0.1, 0.15) is 0 Å². The average Bonchev–Trinajstić information content (AvgIpc) is 2.79. The molecule has 1 atom stereocenters. The van der Waals surface area contributed by atoms with Crippen molar-refractivity contribution in [1.82, 2.24) is 10.2 Å². The number of alkyl halides is 6. The van der Waals surface area contributed by atoms with Crippen molar-refractivity contribution in [3.8, 4) is 11.1 Å². The first-order valence-electron chi connectivity index (χ1n) is 11.0. The van der Waals surface area contributed by atoms with Gasteiger partial charge in [-0.15, -0.1) is 0 Å². The molecule has 1 heterocycles. The van der Waals surface area contributed by atoms with Crippen LogP contribution in [-0.4, -0.2) is 60.6 Å². The first-order chi connectivity index (χ1) is 16.4. The number of piperazine rings is 1. The van der Waals surface area contributed by atoms with Gasteiger partial charge in [0.25, 0.3) is 5.60 Å². The topological polar surface area (TPSA) is 61.8 Å². The van der Waals surface area contributed by atoms with Crippen LogP contribution in [0.5, 0.6) is 0 Å². The summed E-state index contributed by atoms with van der Waals surface area (Å²) in [5, 5.41) is 12.8. The van der Waals surface area contributed by atoms with Gasteiger partial charge in [-0.25, -0.2) is 0 Å². The molecule has 0 spiro atoms. The highest BCUT2D eigenvalue weighted by Gasteiger charge is 2.71. The third kappa shape index (κ3) is 5.96. The number of rotatable bonds is 7. The van der Waals surface area contributed by atoms with E-state index in [0.717, 1.165) is 30.8 Å². The first kappa shape index (κ1) is 27.0. The molecular formula is C24H26F6N2O3. The minimum absolute atomic E-state index is 0.0314. The Kier molecular flexibility index (Phi) is 8.13. The van der Waals surface area contributed by atoms with E-state index in [4.69, 9.17) is 4.74 Å². The molecule has 1 aliphatic rings. The van der Waals surface area contributed by atoms with Crippen LogP contribution in [0.15, 0.2) is 48.5 Å². The fraction of sp³-hybridized carbons (Fsp3) is 0.458. The van der Waals surface area contributed by atoms with Crippen LogP contribution in [0.3, 0.4) is 0 Å². The molecule has 1 fully saturated rings. The third-order valence-corrected chi connectivity index (χ3v) is 5.98. The maximum atomic E-state index is 13.1. The second-order valence-electron chi connectivity index (χ2n) is 8.32. The number of halogens is 6. The summed E-state index contributed by atoms with van der Waals surface area (Å²) in [5.74, 6) is -0.270. The lowest BCUT2D eigenvalue weighted by Gasteiger charge is -2.35. The SMILES string of the molecule is CCOC(=O)CC1CNCCN1Cc1ccc(-c2ccc(C(O)(C(F)(F)F)C(F)(F)F)cc2)cc1. The van der Waals surface area contributed by atoms with Gasteiger partial charge in [-0.3, -0.25) is 9.69 Å². The van der Waals surface area contributed by atoms with Crippen molar-refractivity contribution in [1.29, 1.82) is 0 Å². The van der Waals surface area contributed by atoms with Crippen LogP contribution < -0.4 is 5.32 Å². The predicted molar refractivity (Wildman–Crippen MR) is 116 cm³/mol. The lowest BCUT2D eigenvalue weighted by atomic mass is 9.90. The molecule has 3 rings (SSSR count). The zero-order chi connectivity index (χ0) is 25.9. The van der Waals surface area contributed by atoms with Crippen LogP contribution in [0.2, 0.25) is 0 Å². The maximum absolute atomic E-state index is 13.1. The van der Waals surface area contributed by atoms with E-state index in [1.54, 1.807) is 19.1 Å².